The fourth-order valence-corrected chi connectivity index (χ4v) is 1.91. The summed E-state index contributed by atoms with van der Waals surface area (Å²) < 4.78 is 10.3. The highest BCUT2D eigenvalue weighted by Gasteiger charge is 2.11. The first-order chi connectivity index (χ1) is 11.2. The topological polar surface area (TPSA) is 65.5 Å². The second-order valence-corrected chi connectivity index (χ2v) is 4.99. The molecular weight excluding hydrogens is 294 g/mol. The number of hydrogen-bond acceptors (Lipinski definition) is 5. The second kappa shape index (κ2) is 9.48. The molecule has 1 aromatic carbocycles. The first kappa shape index (κ1) is 16.8. The molecule has 0 saturated heterocycles. The fourth-order valence-electron chi connectivity index (χ4n) is 1.91. The molecule has 1 heterocycles. The Hall–Kier alpha value is -2.53. The SMILES string of the molecule is O=C(COCCc1ccccn1)CC(=O)OCc1ccccc1. The monoisotopic (exact) mass is 313 g/mol. The molecule has 0 aliphatic carbocycles. The Labute approximate surface area is 135 Å². The zero-order valence-electron chi connectivity index (χ0n) is 12.8. The quantitative estimate of drug-likeness (QED) is 0.404. The van der Waals surface area contributed by atoms with Crippen molar-refractivity contribution >= 4 is 11.8 Å². The van der Waals surface area contributed by atoms with Gasteiger partial charge in [-0.3, -0.25) is 14.6 Å². The number of aromatic nitrogens is 1. The van der Waals surface area contributed by atoms with E-state index in [0.29, 0.717) is 13.0 Å². The van der Waals surface area contributed by atoms with Crippen LogP contribution in [0.15, 0.2) is 54.7 Å². The summed E-state index contributed by atoms with van der Waals surface area (Å²) in [5, 5.41) is 0. The standard InChI is InChI=1S/C18H19NO4/c20-17(14-22-11-9-16-8-4-5-10-19-16)12-18(21)23-13-15-6-2-1-3-7-15/h1-8,10H,9,11-14H2. The smallest absolute Gasteiger partial charge is 0.313 e. The summed E-state index contributed by atoms with van der Waals surface area (Å²) in [7, 11) is 0. The molecular formula is C18H19NO4. The predicted molar refractivity (Wildman–Crippen MR) is 84.6 cm³/mol. The number of nitrogens with zero attached hydrogens (tertiary/aromatic N) is 1. The van der Waals surface area contributed by atoms with Crippen LogP contribution in [0.3, 0.4) is 0 Å². The van der Waals surface area contributed by atoms with E-state index in [-0.39, 0.29) is 25.4 Å². The maximum absolute atomic E-state index is 11.6. The molecule has 0 radical (unpaired) electrons. The van der Waals surface area contributed by atoms with Gasteiger partial charge >= 0.3 is 5.97 Å². The van der Waals surface area contributed by atoms with Gasteiger partial charge in [0.2, 0.25) is 0 Å². The van der Waals surface area contributed by atoms with E-state index in [1.807, 2.05) is 48.5 Å². The molecule has 2 rings (SSSR count). The molecule has 0 saturated carbocycles. The van der Waals surface area contributed by atoms with Crippen LogP contribution < -0.4 is 0 Å². The number of pyridine rings is 1. The van der Waals surface area contributed by atoms with E-state index in [9.17, 15) is 9.59 Å². The van der Waals surface area contributed by atoms with Crippen LogP contribution in [-0.4, -0.2) is 30.0 Å². The molecule has 0 aliphatic heterocycles. The molecule has 0 fully saturated rings. The minimum atomic E-state index is -0.535. The van der Waals surface area contributed by atoms with Gasteiger partial charge in [-0.05, 0) is 17.7 Å². The second-order valence-electron chi connectivity index (χ2n) is 4.99. The van der Waals surface area contributed by atoms with Crippen LogP contribution in [-0.2, 0) is 32.1 Å². The van der Waals surface area contributed by atoms with E-state index in [1.54, 1.807) is 6.20 Å². The summed E-state index contributed by atoms with van der Waals surface area (Å²) in [4.78, 5) is 27.4. The number of ketones is 1. The molecule has 5 nitrogen and oxygen atoms in total. The van der Waals surface area contributed by atoms with Crippen molar-refractivity contribution in [2.45, 2.75) is 19.4 Å². The van der Waals surface area contributed by atoms with Crippen molar-refractivity contribution in [1.82, 2.24) is 4.98 Å². The Bertz CT molecular complexity index is 613. The predicted octanol–water partition coefficient (Wildman–Crippen LogP) is 2.34. The highest BCUT2D eigenvalue weighted by atomic mass is 16.5. The Kier molecular flexibility index (Phi) is 6.94. The van der Waals surface area contributed by atoms with Crippen molar-refractivity contribution in [1.29, 1.82) is 0 Å². The van der Waals surface area contributed by atoms with Gasteiger partial charge < -0.3 is 9.47 Å². The molecule has 0 spiro atoms. The Morgan fingerprint density at radius 3 is 2.52 bits per heavy atom. The van der Waals surface area contributed by atoms with Crippen LogP contribution in [0.25, 0.3) is 0 Å². The lowest BCUT2D eigenvalue weighted by Crippen LogP contribution is -2.16. The van der Waals surface area contributed by atoms with Crippen LogP contribution in [0.2, 0.25) is 0 Å². The molecule has 0 atom stereocenters. The molecule has 0 amide bonds. The van der Waals surface area contributed by atoms with E-state index < -0.39 is 5.97 Å². The third-order valence-electron chi connectivity index (χ3n) is 3.08. The molecule has 23 heavy (non-hydrogen) atoms. The number of Topliss-reactive ketones (excluding diaryl/α,β-unsaturated/α-hetero) is 1. The molecule has 0 unspecified atom stereocenters. The average molecular weight is 313 g/mol. The number of hydrogen-bond donors (Lipinski definition) is 0. The third-order valence-corrected chi connectivity index (χ3v) is 3.08. The molecule has 1 aromatic heterocycles. The first-order valence-electron chi connectivity index (χ1n) is 7.43. The number of ether oxygens (including phenoxy) is 2. The van der Waals surface area contributed by atoms with E-state index in [0.717, 1.165) is 11.3 Å². The Balaban J connectivity index is 1.58. The number of esters is 1. The summed E-state index contributed by atoms with van der Waals surface area (Å²) >= 11 is 0. The van der Waals surface area contributed by atoms with Crippen molar-refractivity contribution in [2.24, 2.45) is 0 Å². The van der Waals surface area contributed by atoms with E-state index in [4.69, 9.17) is 9.47 Å². The highest BCUT2D eigenvalue weighted by Crippen LogP contribution is 2.02. The van der Waals surface area contributed by atoms with Crippen molar-refractivity contribution < 1.29 is 19.1 Å². The number of carbonyl (C=O) groups is 2. The molecule has 5 heteroatoms. The van der Waals surface area contributed by atoms with Gasteiger partial charge in [0.25, 0.3) is 0 Å². The minimum absolute atomic E-state index is 0.0900. The van der Waals surface area contributed by atoms with Gasteiger partial charge in [-0.25, -0.2) is 0 Å². The van der Waals surface area contributed by atoms with Crippen LogP contribution in [0, 0.1) is 0 Å². The van der Waals surface area contributed by atoms with Crippen LogP contribution >= 0.6 is 0 Å². The number of carbonyl (C=O) groups excluding carboxylic acids is 2. The highest BCUT2D eigenvalue weighted by molar-refractivity contribution is 5.96. The minimum Gasteiger partial charge on any atom is -0.460 e. The van der Waals surface area contributed by atoms with Crippen molar-refractivity contribution in [2.75, 3.05) is 13.2 Å². The van der Waals surface area contributed by atoms with Gasteiger partial charge in [-0.1, -0.05) is 36.4 Å². The molecule has 0 aliphatic rings. The summed E-state index contributed by atoms with van der Waals surface area (Å²) in [6.45, 7) is 0.475. The van der Waals surface area contributed by atoms with E-state index >= 15 is 0 Å². The van der Waals surface area contributed by atoms with Crippen molar-refractivity contribution in [3.8, 4) is 0 Å². The lowest BCUT2D eigenvalue weighted by Gasteiger charge is -2.05. The number of benzene rings is 1. The molecule has 2 aromatic rings. The largest absolute Gasteiger partial charge is 0.460 e. The van der Waals surface area contributed by atoms with E-state index in [2.05, 4.69) is 4.98 Å². The van der Waals surface area contributed by atoms with Gasteiger partial charge in [-0.2, -0.15) is 0 Å². The van der Waals surface area contributed by atoms with Crippen LogP contribution in [0.1, 0.15) is 17.7 Å². The summed E-state index contributed by atoms with van der Waals surface area (Å²) in [5.41, 5.74) is 1.79. The zero-order chi connectivity index (χ0) is 16.3. The van der Waals surface area contributed by atoms with Gasteiger partial charge in [-0.15, -0.1) is 0 Å². The third kappa shape index (κ3) is 6.84. The van der Waals surface area contributed by atoms with Gasteiger partial charge in [0.1, 0.15) is 19.6 Å². The van der Waals surface area contributed by atoms with Crippen molar-refractivity contribution in [3.63, 3.8) is 0 Å². The Morgan fingerprint density at radius 2 is 1.78 bits per heavy atom. The van der Waals surface area contributed by atoms with Gasteiger partial charge in [0.05, 0.1) is 6.61 Å². The fraction of sp³-hybridized carbons (Fsp3) is 0.278. The maximum atomic E-state index is 11.6. The first-order valence-corrected chi connectivity index (χ1v) is 7.43. The molecule has 0 N–H and O–H groups in total. The Morgan fingerprint density at radius 1 is 1.00 bits per heavy atom. The van der Waals surface area contributed by atoms with Gasteiger partial charge in [0, 0.05) is 18.3 Å². The summed E-state index contributed by atoms with van der Waals surface area (Å²) in [5.74, 6) is -0.823. The van der Waals surface area contributed by atoms with Crippen LogP contribution in [0.4, 0.5) is 0 Å². The van der Waals surface area contributed by atoms with Gasteiger partial charge in [0.15, 0.2) is 5.78 Å². The summed E-state index contributed by atoms with van der Waals surface area (Å²) in [6, 6.07) is 15.0. The summed E-state index contributed by atoms with van der Waals surface area (Å²) in [6.07, 6.45) is 2.08. The zero-order valence-corrected chi connectivity index (χ0v) is 12.8. The number of rotatable bonds is 9. The molecule has 120 valence electrons. The molecule has 0 bridgehead atoms. The lowest BCUT2D eigenvalue weighted by molar-refractivity contribution is -0.148. The van der Waals surface area contributed by atoms with Crippen LogP contribution in [0.5, 0.6) is 0 Å². The lowest BCUT2D eigenvalue weighted by atomic mass is 10.2. The average Bonchev–Trinajstić information content (AvgIpc) is 2.59. The van der Waals surface area contributed by atoms with E-state index in [1.165, 1.54) is 0 Å². The van der Waals surface area contributed by atoms with Crippen molar-refractivity contribution in [3.05, 3.63) is 66.0 Å². The normalized spacial score (nSPS) is 10.3. The maximum Gasteiger partial charge on any atom is 0.313 e.